The number of para-hydroxylation sites is 1. The Balaban J connectivity index is 1.22. The maximum Gasteiger partial charge on any atom is 0.133 e. The van der Waals surface area contributed by atoms with Crippen LogP contribution in [0.4, 0.5) is 11.5 Å². The van der Waals surface area contributed by atoms with Gasteiger partial charge in [0, 0.05) is 49.3 Å². The Kier molecular flexibility index (Phi) is 5.41. The third kappa shape index (κ3) is 4.15. The van der Waals surface area contributed by atoms with Crippen molar-refractivity contribution in [2.45, 2.75) is 0 Å². The van der Waals surface area contributed by atoms with Crippen LogP contribution < -0.4 is 16.0 Å². The van der Waals surface area contributed by atoms with Gasteiger partial charge in [-0.1, -0.05) is 42.5 Å². The summed E-state index contributed by atoms with van der Waals surface area (Å²) in [6.45, 7) is 3.44. The summed E-state index contributed by atoms with van der Waals surface area (Å²) in [4.78, 5) is 8.92. The molecule has 0 aliphatic carbocycles. The number of rotatable bonds is 8. The van der Waals surface area contributed by atoms with Crippen LogP contribution in [-0.4, -0.2) is 36.1 Å². The third-order valence-corrected chi connectivity index (χ3v) is 4.52. The molecule has 0 atom stereocenters. The molecule has 4 rings (SSSR count). The molecule has 0 aliphatic rings. The summed E-state index contributed by atoms with van der Waals surface area (Å²) < 4.78 is 0. The maximum atomic E-state index is 4.47. The number of nitrogens with zero attached hydrogens (tertiary/aromatic N) is 2. The van der Waals surface area contributed by atoms with Gasteiger partial charge >= 0.3 is 0 Å². The summed E-state index contributed by atoms with van der Waals surface area (Å²) in [5.41, 5.74) is 2.09. The van der Waals surface area contributed by atoms with Crippen molar-refractivity contribution in [2.24, 2.45) is 0 Å². The van der Waals surface area contributed by atoms with E-state index in [9.17, 15) is 0 Å². The standard InChI is InChI=1S/C22H23N5/c1-2-8-19-17(5-1)10-12-26-22(19)27-16-14-23-13-15-24-20-9-3-6-18-7-4-11-25-21(18)20/h1-12,23-24H,13-16H2,(H,26,27). The molecule has 0 amide bonds. The van der Waals surface area contributed by atoms with Crippen LogP contribution in [0.5, 0.6) is 0 Å². The third-order valence-electron chi connectivity index (χ3n) is 4.52. The molecule has 0 bridgehead atoms. The topological polar surface area (TPSA) is 61.9 Å². The number of hydrogen-bond acceptors (Lipinski definition) is 5. The monoisotopic (exact) mass is 357 g/mol. The molecule has 0 saturated carbocycles. The van der Waals surface area contributed by atoms with Gasteiger partial charge < -0.3 is 16.0 Å². The van der Waals surface area contributed by atoms with Gasteiger partial charge in [-0.3, -0.25) is 4.98 Å². The highest BCUT2D eigenvalue weighted by Gasteiger charge is 2.01. The Labute approximate surface area is 158 Å². The van der Waals surface area contributed by atoms with E-state index in [1.165, 1.54) is 5.39 Å². The number of fused-ring (bicyclic) bond motifs is 2. The average molecular weight is 357 g/mol. The van der Waals surface area contributed by atoms with Gasteiger partial charge in [0.15, 0.2) is 0 Å². The van der Waals surface area contributed by atoms with Gasteiger partial charge in [0.2, 0.25) is 0 Å². The van der Waals surface area contributed by atoms with Crippen molar-refractivity contribution in [3.05, 3.63) is 73.1 Å². The van der Waals surface area contributed by atoms with Crippen LogP contribution in [-0.2, 0) is 0 Å². The van der Waals surface area contributed by atoms with Crippen molar-refractivity contribution >= 4 is 33.2 Å². The van der Waals surface area contributed by atoms with E-state index >= 15 is 0 Å². The van der Waals surface area contributed by atoms with Crippen molar-refractivity contribution < 1.29 is 0 Å². The Morgan fingerprint density at radius 1 is 0.630 bits per heavy atom. The molecule has 27 heavy (non-hydrogen) atoms. The molecule has 2 aromatic heterocycles. The molecule has 2 aromatic carbocycles. The van der Waals surface area contributed by atoms with E-state index in [-0.39, 0.29) is 0 Å². The highest BCUT2D eigenvalue weighted by molar-refractivity contribution is 5.91. The highest BCUT2D eigenvalue weighted by Crippen LogP contribution is 2.20. The zero-order chi connectivity index (χ0) is 18.3. The first-order valence-corrected chi connectivity index (χ1v) is 9.28. The number of aromatic nitrogens is 2. The minimum absolute atomic E-state index is 0.830. The lowest BCUT2D eigenvalue weighted by atomic mass is 10.1. The van der Waals surface area contributed by atoms with E-state index in [0.29, 0.717) is 0 Å². The molecule has 0 fully saturated rings. The lowest BCUT2D eigenvalue weighted by molar-refractivity contribution is 0.718. The first kappa shape index (κ1) is 17.2. The van der Waals surface area contributed by atoms with E-state index < -0.39 is 0 Å². The molecule has 0 aliphatic heterocycles. The maximum absolute atomic E-state index is 4.47. The summed E-state index contributed by atoms with van der Waals surface area (Å²) in [6.07, 6.45) is 3.68. The Hall–Kier alpha value is -3.18. The van der Waals surface area contributed by atoms with Crippen LogP contribution in [0.25, 0.3) is 21.7 Å². The van der Waals surface area contributed by atoms with Gasteiger partial charge in [-0.05, 0) is 23.6 Å². The van der Waals surface area contributed by atoms with E-state index in [1.54, 1.807) is 0 Å². The largest absolute Gasteiger partial charge is 0.382 e. The molecular formula is C22H23N5. The van der Waals surface area contributed by atoms with E-state index in [1.807, 2.05) is 36.7 Å². The Bertz CT molecular complexity index is 937. The minimum atomic E-state index is 0.830. The van der Waals surface area contributed by atoms with Crippen LogP contribution in [0.1, 0.15) is 0 Å². The molecule has 5 heteroatoms. The predicted octanol–water partition coefficient (Wildman–Crippen LogP) is 3.90. The normalized spacial score (nSPS) is 11.0. The number of hydrogen-bond donors (Lipinski definition) is 3. The highest BCUT2D eigenvalue weighted by atomic mass is 15.0. The van der Waals surface area contributed by atoms with Crippen molar-refractivity contribution in [2.75, 3.05) is 36.8 Å². The lowest BCUT2D eigenvalue weighted by Crippen LogP contribution is -2.27. The molecule has 5 nitrogen and oxygen atoms in total. The van der Waals surface area contributed by atoms with Crippen LogP contribution in [0.15, 0.2) is 73.1 Å². The minimum Gasteiger partial charge on any atom is -0.382 e. The van der Waals surface area contributed by atoms with Gasteiger partial charge in [0.1, 0.15) is 5.82 Å². The molecule has 0 radical (unpaired) electrons. The molecule has 2 heterocycles. The van der Waals surface area contributed by atoms with Gasteiger partial charge in [-0.15, -0.1) is 0 Å². The second kappa shape index (κ2) is 8.47. The second-order valence-electron chi connectivity index (χ2n) is 6.36. The molecule has 136 valence electrons. The summed E-state index contributed by atoms with van der Waals surface area (Å²) in [5, 5.41) is 13.8. The predicted molar refractivity (Wildman–Crippen MR) is 113 cm³/mol. The summed E-state index contributed by atoms with van der Waals surface area (Å²) in [7, 11) is 0. The molecular weight excluding hydrogens is 334 g/mol. The zero-order valence-corrected chi connectivity index (χ0v) is 15.2. The zero-order valence-electron chi connectivity index (χ0n) is 15.2. The van der Waals surface area contributed by atoms with Crippen LogP contribution in [0.3, 0.4) is 0 Å². The van der Waals surface area contributed by atoms with E-state index in [0.717, 1.165) is 54.0 Å². The summed E-state index contributed by atoms with van der Waals surface area (Å²) >= 11 is 0. The van der Waals surface area contributed by atoms with Crippen molar-refractivity contribution in [3.63, 3.8) is 0 Å². The Morgan fingerprint density at radius 3 is 2.41 bits per heavy atom. The number of pyridine rings is 2. The first-order valence-electron chi connectivity index (χ1n) is 9.28. The number of nitrogens with one attached hydrogen (secondary N) is 3. The molecule has 0 unspecified atom stereocenters. The van der Waals surface area contributed by atoms with Crippen molar-refractivity contribution in [1.82, 2.24) is 15.3 Å². The first-order chi connectivity index (χ1) is 13.4. The van der Waals surface area contributed by atoms with Gasteiger partial charge in [0.05, 0.1) is 11.2 Å². The van der Waals surface area contributed by atoms with Crippen molar-refractivity contribution in [3.8, 4) is 0 Å². The van der Waals surface area contributed by atoms with Crippen molar-refractivity contribution in [1.29, 1.82) is 0 Å². The summed E-state index contributed by atoms with van der Waals surface area (Å²) in [6, 6.07) is 20.6. The lowest BCUT2D eigenvalue weighted by Gasteiger charge is -2.11. The van der Waals surface area contributed by atoms with E-state index in [2.05, 4.69) is 62.3 Å². The fourth-order valence-corrected chi connectivity index (χ4v) is 3.19. The number of benzene rings is 2. The SMILES string of the molecule is c1ccc2c(NCCNCCNc3cccc4cccnc34)nccc2c1. The average Bonchev–Trinajstić information content (AvgIpc) is 2.73. The fraction of sp³-hybridized carbons (Fsp3) is 0.182. The fourth-order valence-electron chi connectivity index (χ4n) is 3.19. The molecule has 4 aromatic rings. The van der Waals surface area contributed by atoms with Gasteiger partial charge in [-0.2, -0.15) is 0 Å². The Morgan fingerprint density at radius 2 is 1.44 bits per heavy atom. The second-order valence-corrected chi connectivity index (χ2v) is 6.36. The van der Waals surface area contributed by atoms with Crippen LogP contribution in [0, 0.1) is 0 Å². The molecule has 0 saturated heterocycles. The van der Waals surface area contributed by atoms with Gasteiger partial charge in [-0.25, -0.2) is 4.98 Å². The van der Waals surface area contributed by atoms with E-state index in [4.69, 9.17) is 0 Å². The quantitative estimate of drug-likeness (QED) is 0.418. The smallest absolute Gasteiger partial charge is 0.133 e. The van der Waals surface area contributed by atoms with Crippen LogP contribution >= 0.6 is 0 Å². The molecule has 3 N–H and O–H groups in total. The summed E-state index contributed by atoms with van der Waals surface area (Å²) in [5.74, 6) is 0.940. The number of anilines is 2. The van der Waals surface area contributed by atoms with Crippen LogP contribution in [0.2, 0.25) is 0 Å². The van der Waals surface area contributed by atoms with Gasteiger partial charge in [0.25, 0.3) is 0 Å². The molecule has 0 spiro atoms.